The van der Waals surface area contributed by atoms with Gasteiger partial charge in [-0.3, -0.25) is 0 Å². The fourth-order valence-electron chi connectivity index (χ4n) is 3.07. The molecular formula is C18H22N2. The molecule has 0 bridgehead atoms. The van der Waals surface area contributed by atoms with E-state index < -0.39 is 0 Å². The molecule has 2 nitrogen and oxygen atoms in total. The number of hydrogen-bond acceptors (Lipinski definition) is 2. The molecule has 0 fully saturated rings. The Labute approximate surface area is 121 Å². The first kappa shape index (κ1) is 13.2. The molecule has 0 radical (unpaired) electrons. The normalized spacial score (nSPS) is 14.8. The first-order chi connectivity index (χ1) is 9.88. The summed E-state index contributed by atoms with van der Waals surface area (Å²) >= 11 is 0. The van der Waals surface area contributed by atoms with Gasteiger partial charge < -0.3 is 10.2 Å². The zero-order valence-corrected chi connectivity index (χ0v) is 12.1. The average molecular weight is 266 g/mol. The highest BCUT2D eigenvalue weighted by atomic mass is 15.1. The van der Waals surface area contributed by atoms with Crippen molar-refractivity contribution in [2.75, 3.05) is 25.0 Å². The number of hydrogen-bond donors (Lipinski definition) is 1. The Morgan fingerprint density at radius 1 is 0.900 bits per heavy atom. The quantitative estimate of drug-likeness (QED) is 0.918. The van der Waals surface area contributed by atoms with Gasteiger partial charge in [0.05, 0.1) is 0 Å². The van der Waals surface area contributed by atoms with Crippen LogP contribution in [0.15, 0.2) is 48.5 Å². The van der Waals surface area contributed by atoms with Crippen LogP contribution < -0.4 is 10.2 Å². The van der Waals surface area contributed by atoms with Crippen LogP contribution in [0.2, 0.25) is 0 Å². The number of nitrogens with zero attached hydrogens (tertiary/aromatic N) is 1. The molecule has 0 spiro atoms. The first-order valence-corrected chi connectivity index (χ1v) is 7.42. The van der Waals surface area contributed by atoms with E-state index in [0.717, 1.165) is 32.5 Å². The highest BCUT2D eigenvalue weighted by Crippen LogP contribution is 2.24. The lowest BCUT2D eigenvalue weighted by Crippen LogP contribution is -2.27. The minimum absolute atomic E-state index is 0.930. The molecule has 0 saturated heterocycles. The largest absolute Gasteiger partial charge is 0.371 e. The van der Waals surface area contributed by atoms with Gasteiger partial charge >= 0.3 is 0 Å². The number of anilines is 1. The minimum Gasteiger partial charge on any atom is -0.371 e. The van der Waals surface area contributed by atoms with Gasteiger partial charge in [-0.15, -0.1) is 0 Å². The molecule has 1 aliphatic heterocycles. The molecule has 1 aliphatic rings. The van der Waals surface area contributed by atoms with Gasteiger partial charge in [0.25, 0.3) is 0 Å². The van der Waals surface area contributed by atoms with Crippen LogP contribution in [0, 0.1) is 0 Å². The number of fused-ring (bicyclic) bond motifs is 1. The summed E-state index contributed by atoms with van der Waals surface area (Å²) in [5, 5.41) is 3.27. The van der Waals surface area contributed by atoms with Crippen molar-refractivity contribution in [3.63, 3.8) is 0 Å². The van der Waals surface area contributed by atoms with Gasteiger partial charge in [-0.2, -0.15) is 0 Å². The third-order valence-corrected chi connectivity index (χ3v) is 4.12. The van der Waals surface area contributed by atoms with Crippen molar-refractivity contribution in [1.29, 1.82) is 0 Å². The number of rotatable bonds is 3. The molecule has 0 aromatic heterocycles. The topological polar surface area (TPSA) is 15.3 Å². The third kappa shape index (κ3) is 2.70. The van der Waals surface area contributed by atoms with Crippen molar-refractivity contribution in [2.24, 2.45) is 0 Å². The Balaban J connectivity index is 1.83. The zero-order valence-electron chi connectivity index (χ0n) is 12.1. The van der Waals surface area contributed by atoms with Crippen molar-refractivity contribution in [2.45, 2.75) is 19.4 Å². The number of benzene rings is 2. The van der Waals surface area contributed by atoms with Crippen molar-refractivity contribution in [3.05, 3.63) is 65.2 Å². The predicted octanol–water partition coefficient (Wildman–Crippen LogP) is 3.01. The second-order valence-electron chi connectivity index (χ2n) is 5.41. The minimum atomic E-state index is 0.930. The van der Waals surface area contributed by atoms with Crippen LogP contribution in [-0.2, 0) is 19.4 Å². The zero-order chi connectivity index (χ0) is 13.8. The second-order valence-corrected chi connectivity index (χ2v) is 5.41. The van der Waals surface area contributed by atoms with Crippen molar-refractivity contribution in [1.82, 2.24) is 5.32 Å². The van der Waals surface area contributed by atoms with Gasteiger partial charge in [0, 0.05) is 25.3 Å². The van der Waals surface area contributed by atoms with Gasteiger partial charge in [0.1, 0.15) is 0 Å². The standard InChI is InChI=1S/C18H22N2/c1-19-14-17-8-4-5-9-18(17)20-12-10-15-6-2-3-7-16(15)11-13-20/h2-9,19H,10-14H2,1H3. The Morgan fingerprint density at radius 3 is 2.15 bits per heavy atom. The van der Waals surface area contributed by atoms with E-state index in [9.17, 15) is 0 Å². The molecule has 0 aliphatic carbocycles. The molecule has 2 aromatic carbocycles. The van der Waals surface area contributed by atoms with E-state index in [1.807, 2.05) is 7.05 Å². The Bertz CT molecular complexity index is 550. The Kier molecular flexibility index (Phi) is 4.03. The van der Waals surface area contributed by atoms with E-state index in [2.05, 4.69) is 58.7 Å². The molecule has 0 unspecified atom stereocenters. The van der Waals surface area contributed by atoms with E-state index in [-0.39, 0.29) is 0 Å². The highest BCUT2D eigenvalue weighted by molar-refractivity contribution is 5.54. The number of para-hydroxylation sites is 1. The Morgan fingerprint density at radius 2 is 1.50 bits per heavy atom. The van der Waals surface area contributed by atoms with Crippen LogP contribution >= 0.6 is 0 Å². The maximum absolute atomic E-state index is 3.27. The maximum atomic E-state index is 3.27. The summed E-state index contributed by atoms with van der Waals surface area (Å²) in [5.74, 6) is 0. The summed E-state index contributed by atoms with van der Waals surface area (Å²) in [6, 6.07) is 17.6. The van der Waals surface area contributed by atoms with Gasteiger partial charge in [0.15, 0.2) is 0 Å². The summed E-state index contributed by atoms with van der Waals surface area (Å²) in [6.07, 6.45) is 2.29. The lowest BCUT2D eigenvalue weighted by molar-refractivity contribution is 0.774. The van der Waals surface area contributed by atoms with Gasteiger partial charge in [-0.25, -0.2) is 0 Å². The molecule has 20 heavy (non-hydrogen) atoms. The molecule has 2 heteroatoms. The van der Waals surface area contributed by atoms with E-state index >= 15 is 0 Å². The molecular weight excluding hydrogens is 244 g/mol. The van der Waals surface area contributed by atoms with Crippen LogP contribution in [0.4, 0.5) is 5.69 Å². The molecule has 2 aromatic rings. The summed E-state index contributed by atoms with van der Waals surface area (Å²) in [7, 11) is 2.01. The summed E-state index contributed by atoms with van der Waals surface area (Å²) in [4.78, 5) is 2.53. The molecule has 0 saturated carbocycles. The molecule has 1 heterocycles. The predicted molar refractivity (Wildman–Crippen MR) is 85.3 cm³/mol. The highest BCUT2D eigenvalue weighted by Gasteiger charge is 2.15. The lowest BCUT2D eigenvalue weighted by Gasteiger charge is -2.25. The van der Waals surface area contributed by atoms with Crippen LogP contribution in [-0.4, -0.2) is 20.1 Å². The van der Waals surface area contributed by atoms with Crippen LogP contribution in [0.25, 0.3) is 0 Å². The van der Waals surface area contributed by atoms with Crippen LogP contribution in [0.3, 0.4) is 0 Å². The summed E-state index contributed by atoms with van der Waals surface area (Å²) in [5.41, 5.74) is 5.80. The van der Waals surface area contributed by atoms with E-state index in [1.54, 1.807) is 0 Å². The SMILES string of the molecule is CNCc1ccccc1N1CCc2ccccc2CC1. The molecule has 0 atom stereocenters. The molecule has 104 valence electrons. The van der Waals surface area contributed by atoms with E-state index in [0.29, 0.717) is 0 Å². The average Bonchev–Trinajstić information content (AvgIpc) is 2.71. The van der Waals surface area contributed by atoms with Crippen LogP contribution in [0.1, 0.15) is 16.7 Å². The first-order valence-electron chi connectivity index (χ1n) is 7.42. The van der Waals surface area contributed by atoms with E-state index in [1.165, 1.54) is 22.4 Å². The van der Waals surface area contributed by atoms with E-state index in [4.69, 9.17) is 0 Å². The lowest BCUT2D eigenvalue weighted by atomic mass is 10.0. The monoisotopic (exact) mass is 266 g/mol. The van der Waals surface area contributed by atoms with Crippen molar-refractivity contribution < 1.29 is 0 Å². The van der Waals surface area contributed by atoms with Crippen molar-refractivity contribution >= 4 is 5.69 Å². The Hall–Kier alpha value is -1.80. The van der Waals surface area contributed by atoms with Gasteiger partial charge in [-0.05, 0) is 42.6 Å². The fraction of sp³-hybridized carbons (Fsp3) is 0.333. The smallest absolute Gasteiger partial charge is 0.0412 e. The summed E-state index contributed by atoms with van der Waals surface area (Å²) in [6.45, 7) is 3.15. The van der Waals surface area contributed by atoms with Gasteiger partial charge in [0.2, 0.25) is 0 Å². The summed E-state index contributed by atoms with van der Waals surface area (Å²) < 4.78 is 0. The molecule has 0 amide bonds. The van der Waals surface area contributed by atoms with Crippen LogP contribution in [0.5, 0.6) is 0 Å². The maximum Gasteiger partial charge on any atom is 0.0412 e. The number of nitrogens with one attached hydrogen (secondary N) is 1. The third-order valence-electron chi connectivity index (χ3n) is 4.12. The molecule has 1 N–H and O–H groups in total. The fourth-order valence-corrected chi connectivity index (χ4v) is 3.07. The molecule has 3 rings (SSSR count). The van der Waals surface area contributed by atoms with Crippen molar-refractivity contribution in [3.8, 4) is 0 Å². The van der Waals surface area contributed by atoms with Gasteiger partial charge in [-0.1, -0.05) is 42.5 Å². The second kappa shape index (κ2) is 6.10.